The molecule has 5 N–H and O–H groups in total. The maximum absolute atomic E-state index is 13.3. The normalized spacial score (nSPS) is 14.6. The van der Waals surface area contributed by atoms with E-state index in [1.807, 2.05) is 0 Å². The molecule has 1 aromatic carbocycles. The van der Waals surface area contributed by atoms with E-state index in [2.05, 4.69) is 11.6 Å². The molecule has 148 valence electrons. The third-order valence-corrected chi connectivity index (χ3v) is 5.02. The van der Waals surface area contributed by atoms with Gasteiger partial charge in [-0.05, 0) is 48.9 Å². The Hall–Kier alpha value is -3.03. The number of hydrogen-bond acceptors (Lipinski definition) is 5. The number of allylic oxidation sites excluding steroid dienone is 2. The first-order chi connectivity index (χ1) is 13.2. The van der Waals surface area contributed by atoms with Crippen molar-refractivity contribution in [2.75, 3.05) is 12.8 Å². The van der Waals surface area contributed by atoms with Crippen LogP contribution in [-0.2, 0) is 17.6 Å². The number of nitrogens with zero attached hydrogens (tertiary/aromatic N) is 1. The molecule has 1 aliphatic carbocycles. The van der Waals surface area contributed by atoms with Gasteiger partial charge in [-0.3, -0.25) is 5.41 Å². The largest absolute Gasteiger partial charge is 0.481 e. The standard InChI is InChI=1S/C20H21F3N4O/c1-10(20(21,22)23)13(9-24)18-12-6-4-3-5-11(12)16-15(27-18)8-7-14(25)17(16)19(26)28-2/h7-9,26H,1,3-6,24-25H2,2H3/b13-9+,26-19?. The molecule has 0 saturated carbocycles. The molecule has 8 heteroatoms. The summed E-state index contributed by atoms with van der Waals surface area (Å²) in [6.07, 6.45) is -0.803. The average molecular weight is 390 g/mol. The number of rotatable bonds is 3. The number of nitrogen functional groups attached to an aromatic ring is 1. The van der Waals surface area contributed by atoms with Gasteiger partial charge in [-0.15, -0.1) is 0 Å². The topological polar surface area (TPSA) is 98.0 Å². The van der Waals surface area contributed by atoms with Gasteiger partial charge in [0.15, 0.2) is 0 Å². The highest BCUT2D eigenvalue weighted by Gasteiger charge is 2.36. The second-order valence-electron chi connectivity index (χ2n) is 6.64. The van der Waals surface area contributed by atoms with Crippen LogP contribution in [0.3, 0.4) is 0 Å². The van der Waals surface area contributed by atoms with Crippen LogP contribution in [0.4, 0.5) is 18.9 Å². The van der Waals surface area contributed by atoms with Gasteiger partial charge in [0.05, 0.1) is 29.5 Å². The molecule has 0 bridgehead atoms. The third kappa shape index (κ3) is 3.19. The second kappa shape index (κ2) is 7.18. The maximum atomic E-state index is 13.3. The lowest BCUT2D eigenvalue weighted by molar-refractivity contribution is -0.0867. The number of nitrogens with two attached hydrogens (primary N) is 2. The number of nitrogens with one attached hydrogen (secondary N) is 1. The van der Waals surface area contributed by atoms with E-state index < -0.39 is 11.7 Å². The van der Waals surface area contributed by atoms with E-state index in [4.69, 9.17) is 21.6 Å². The van der Waals surface area contributed by atoms with Gasteiger partial charge in [0.2, 0.25) is 5.90 Å². The SMILES string of the molecule is C=C(/C(=C\N)c1nc2ccc(N)c(C(=N)OC)c2c2c1CCCC2)C(F)(F)F. The van der Waals surface area contributed by atoms with Crippen LogP contribution >= 0.6 is 0 Å². The van der Waals surface area contributed by atoms with E-state index in [9.17, 15) is 13.2 Å². The minimum absolute atomic E-state index is 0.111. The lowest BCUT2D eigenvalue weighted by Crippen LogP contribution is -2.18. The monoisotopic (exact) mass is 390 g/mol. The van der Waals surface area contributed by atoms with Crippen LogP contribution in [0, 0.1) is 5.41 Å². The minimum Gasteiger partial charge on any atom is -0.481 e. The van der Waals surface area contributed by atoms with Crippen LogP contribution in [0.2, 0.25) is 0 Å². The summed E-state index contributed by atoms with van der Waals surface area (Å²) in [7, 11) is 1.37. The quantitative estimate of drug-likeness (QED) is 0.318. The third-order valence-electron chi connectivity index (χ3n) is 5.02. The number of fused-ring (bicyclic) bond motifs is 3. The molecule has 0 radical (unpaired) electrons. The van der Waals surface area contributed by atoms with Crippen molar-refractivity contribution in [2.45, 2.75) is 31.9 Å². The van der Waals surface area contributed by atoms with Crippen molar-refractivity contribution in [3.63, 3.8) is 0 Å². The van der Waals surface area contributed by atoms with E-state index in [1.54, 1.807) is 12.1 Å². The predicted molar refractivity (Wildman–Crippen MR) is 104 cm³/mol. The summed E-state index contributed by atoms with van der Waals surface area (Å²) in [4.78, 5) is 4.50. The number of anilines is 1. The molecular formula is C20H21F3N4O. The average Bonchev–Trinajstić information content (AvgIpc) is 2.67. The van der Waals surface area contributed by atoms with E-state index >= 15 is 0 Å². The van der Waals surface area contributed by atoms with Gasteiger partial charge in [0, 0.05) is 22.8 Å². The highest BCUT2D eigenvalue weighted by Crippen LogP contribution is 2.40. The molecule has 0 aliphatic heterocycles. The summed E-state index contributed by atoms with van der Waals surface area (Å²) in [5.41, 5.74) is 13.3. The number of benzene rings is 1. The van der Waals surface area contributed by atoms with Gasteiger partial charge < -0.3 is 16.2 Å². The van der Waals surface area contributed by atoms with Gasteiger partial charge in [-0.2, -0.15) is 13.2 Å². The van der Waals surface area contributed by atoms with Crippen molar-refractivity contribution in [1.29, 1.82) is 5.41 Å². The summed E-state index contributed by atoms with van der Waals surface area (Å²) in [5.74, 6) is -0.111. The highest BCUT2D eigenvalue weighted by atomic mass is 19.4. The Balaban J connectivity index is 2.38. The summed E-state index contributed by atoms with van der Waals surface area (Å²) < 4.78 is 45.0. The lowest BCUT2D eigenvalue weighted by atomic mass is 9.83. The van der Waals surface area contributed by atoms with Crippen molar-refractivity contribution < 1.29 is 17.9 Å². The van der Waals surface area contributed by atoms with Crippen LogP contribution in [-0.4, -0.2) is 24.2 Å². The number of halogens is 3. The number of methoxy groups -OCH3 is 1. The fraction of sp³-hybridized carbons (Fsp3) is 0.300. The van der Waals surface area contributed by atoms with Crippen LogP contribution < -0.4 is 11.5 Å². The molecule has 0 atom stereocenters. The first kappa shape index (κ1) is 19.7. The number of hydrogen-bond donors (Lipinski definition) is 3. The Morgan fingerprint density at radius 1 is 1.25 bits per heavy atom. The van der Waals surface area contributed by atoms with Crippen LogP contribution in [0.25, 0.3) is 16.5 Å². The number of aryl methyl sites for hydroxylation is 1. The summed E-state index contributed by atoms with van der Waals surface area (Å²) >= 11 is 0. The van der Waals surface area contributed by atoms with Gasteiger partial charge in [-0.1, -0.05) is 6.58 Å². The number of pyridine rings is 1. The number of alkyl halides is 3. The fourth-order valence-electron chi connectivity index (χ4n) is 3.68. The Morgan fingerprint density at radius 2 is 1.89 bits per heavy atom. The maximum Gasteiger partial charge on any atom is 0.416 e. The Morgan fingerprint density at radius 3 is 2.46 bits per heavy atom. The van der Waals surface area contributed by atoms with E-state index in [0.29, 0.717) is 40.6 Å². The van der Waals surface area contributed by atoms with Gasteiger partial charge >= 0.3 is 6.18 Å². The summed E-state index contributed by atoms with van der Waals surface area (Å²) in [6, 6.07) is 3.21. The molecule has 0 amide bonds. The highest BCUT2D eigenvalue weighted by molar-refractivity contribution is 6.11. The zero-order valence-electron chi connectivity index (χ0n) is 15.4. The molecule has 1 heterocycles. The fourth-order valence-corrected chi connectivity index (χ4v) is 3.68. The zero-order chi connectivity index (χ0) is 20.6. The van der Waals surface area contributed by atoms with Gasteiger partial charge in [0.25, 0.3) is 0 Å². The number of ether oxygens (including phenoxy) is 1. The summed E-state index contributed by atoms with van der Waals surface area (Å²) in [5, 5.41) is 8.77. The lowest BCUT2D eigenvalue weighted by Gasteiger charge is -2.25. The van der Waals surface area contributed by atoms with Crippen molar-refractivity contribution in [3.05, 3.63) is 52.9 Å². The van der Waals surface area contributed by atoms with E-state index in [0.717, 1.165) is 24.6 Å². The first-order valence-electron chi connectivity index (χ1n) is 8.76. The molecular weight excluding hydrogens is 369 g/mol. The predicted octanol–water partition coefficient (Wildman–Crippen LogP) is 4.09. The smallest absolute Gasteiger partial charge is 0.416 e. The Bertz CT molecular complexity index is 1010. The molecule has 1 aromatic heterocycles. The van der Waals surface area contributed by atoms with Crippen molar-refractivity contribution >= 4 is 28.1 Å². The van der Waals surface area contributed by atoms with Gasteiger partial charge in [0.1, 0.15) is 0 Å². The summed E-state index contributed by atoms with van der Waals surface area (Å²) in [6.45, 7) is 3.19. The van der Waals surface area contributed by atoms with Crippen molar-refractivity contribution in [3.8, 4) is 0 Å². The van der Waals surface area contributed by atoms with Crippen LogP contribution in [0.15, 0.2) is 30.5 Å². The number of aromatic nitrogens is 1. The molecule has 0 spiro atoms. The molecule has 0 saturated heterocycles. The molecule has 28 heavy (non-hydrogen) atoms. The molecule has 0 fully saturated rings. The zero-order valence-corrected chi connectivity index (χ0v) is 15.4. The second-order valence-corrected chi connectivity index (χ2v) is 6.64. The van der Waals surface area contributed by atoms with Crippen LogP contribution in [0.5, 0.6) is 0 Å². The Labute approximate surface area is 160 Å². The minimum atomic E-state index is -4.62. The van der Waals surface area contributed by atoms with Gasteiger partial charge in [-0.25, -0.2) is 4.98 Å². The molecule has 1 aliphatic rings. The first-order valence-corrected chi connectivity index (χ1v) is 8.76. The Kier molecular flexibility index (Phi) is 5.06. The van der Waals surface area contributed by atoms with Crippen molar-refractivity contribution in [2.24, 2.45) is 5.73 Å². The molecule has 3 rings (SSSR count). The van der Waals surface area contributed by atoms with Crippen molar-refractivity contribution in [1.82, 2.24) is 4.98 Å². The van der Waals surface area contributed by atoms with Crippen LogP contribution in [0.1, 0.15) is 35.2 Å². The van der Waals surface area contributed by atoms with E-state index in [-0.39, 0.29) is 17.2 Å². The van der Waals surface area contributed by atoms with E-state index in [1.165, 1.54) is 7.11 Å². The molecule has 0 unspecified atom stereocenters. The molecule has 2 aromatic rings. The molecule has 5 nitrogen and oxygen atoms in total.